The molecule has 1 aliphatic carbocycles. The molecule has 0 saturated heterocycles. The molecule has 0 bridgehead atoms. The zero-order valence-electron chi connectivity index (χ0n) is 10.4. The molecule has 1 fully saturated rings. The van der Waals surface area contributed by atoms with E-state index < -0.39 is 6.10 Å². The van der Waals surface area contributed by atoms with Crippen LogP contribution < -0.4 is 5.32 Å². The fourth-order valence-corrected chi connectivity index (χ4v) is 1.49. The standard InChI is InChI=1S/C12H25NO2/c1-9(10-5-6-10)13-7-11(14)8-15-12(2,3)4/h9-11,13-14H,5-8H2,1-4H3. The van der Waals surface area contributed by atoms with Gasteiger partial charge in [-0.25, -0.2) is 0 Å². The van der Waals surface area contributed by atoms with Crippen LogP contribution in [0.5, 0.6) is 0 Å². The maximum atomic E-state index is 9.68. The smallest absolute Gasteiger partial charge is 0.0898 e. The average Bonchev–Trinajstić information content (AvgIpc) is 2.92. The first-order chi connectivity index (χ1) is 6.88. The number of rotatable bonds is 6. The summed E-state index contributed by atoms with van der Waals surface area (Å²) >= 11 is 0. The van der Waals surface area contributed by atoms with Crippen LogP contribution in [-0.2, 0) is 4.74 Å². The van der Waals surface area contributed by atoms with Gasteiger partial charge in [-0.05, 0) is 46.5 Å². The highest BCUT2D eigenvalue weighted by molar-refractivity contribution is 4.83. The molecule has 0 aliphatic heterocycles. The molecule has 3 nitrogen and oxygen atoms in total. The summed E-state index contributed by atoms with van der Waals surface area (Å²) < 4.78 is 5.51. The van der Waals surface area contributed by atoms with E-state index in [4.69, 9.17) is 4.74 Å². The molecule has 2 N–H and O–H groups in total. The number of hydrogen-bond acceptors (Lipinski definition) is 3. The number of hydrogen-bond donors (Lipinski definition) is 2. The van der Waals surface area contributed by atoms with Gasteiger partial charge in [0.15, 0.2) is 0 Å². The van der Waals surface area contributed by atoms with Gasteiger partial charge in [0.05, 0.1) is 18.3 Å². The molecule has 1 rings (SSSR count). The highest BCUT2D eigenvalue weighted by Crippen LogP contribution is 2.32. The van der Waals surface area contributed by atoms with E-state index in [1.807, 2.05) is 20.8 Å². The van der Waals surface area contributed by atoms with Crippen LogP contribution in [0, 0.1) is 5.92 Å². The summed E-state index contributed by atoms with van der Waals surface area (Å²) in [5.74, 6) is 0.834. The first-order valence-electron chi connectivity index (χ1n) is 5.94. The van der Waals surface area contributed by atoms with Crippen LogP contribution in [0.25, 0.3) is 0 Å². The van der Waals surface area contributed by atoms with Crippen molar-refractivity contribution in [2.45, 2.75) is 58.3 Å². The van der Waals surface area contributed by atoms with Crippen molar-refractivity contribution in [3.63, 3.8) is 0 Å². The Hall–Kier alpha value is -0.120. The summed E-state index contributed by atoms with van der Waals surface area (Å²) in [4.78, 5) is 0. The Morgan fingerprint density at radius 3 is 2.47 bits per heavy atom. The highest BCUT2D eigenvalue weighted by Gasteiger charge is 2.27. The molecule has 2 atom stereocenters. The molecule has 2 unspecified atom stereocenters. The van der Waals surface area contributed by atoms with Crippen molar-refractivity contribution >= 4 is 0 Å². The Morgan fingerprint density at radius 2 is 2.00 bits per heavy atom. The molecule has 0 radical (unpaired) electrons. The van der Waals surface area contributed by atoms with Crippen molar-refractivity contribution in [1.29, 1.82) is 0 Å². The average molecular weight is 215 g/mol. The quantitative estimate of drug-likeness (QED) is 0.706. The van der Waals surface area contributed by atoms with Gasteiger partial charge in [0.2, 0.25) is 0 Å². The van der Waals surface area contributed by atoms with Crippen LogP contribution >= 0.6 is 0 Å². The van der Waals surface area contributed by atoms with Crippen molar-refractivity contribution in [3.8, 4) is 0 Å². The lowest BCUT2D eigenvalue weighted by Crippen LogP contribution is -2.38. The molecule has 3 heteroatoms. The number of ether oxygens (including phenoxy) is 1. The van der Waals surface area contributed by atoms with E-state index in [1.165, 1.54) is 12.8 Å². The second-order valence-electron chi connectivity index (χ2n) is 5.61. The van der Waals surface area contributed by atoms with Crippen molar-refractivity contribution < 1.29 is 9.84 Å². The van der Waals surface area contributed by atoms with Gasteiger partial charge in [-0.2, -0.15) is 0 Å². The van der Waals surface area contributed by atoms with Gasteiger partial charge in [-0.3, -0.25) is 0 Å². The van der Waals surface area contributed by atoms with Crippen molar-refractivity contribution in [1.82, 2.24) is 5.32 Å². The third kappa shape index (κ3) is 6.13. The van der Waals surface area contributed by atoms with Gasteiger partial charge in [0, 0.05) is 12.6 Å². The highest BCUT2D eigenvalue weighted by atomic mass is 16.5. The number of aliphatic hydroxyl groups excluding tert-OH is 1. The molecule has 1 saturated carbocycles. The zero-order valence-corrected chi connectivity index (χ0v) is 10.4. The van der Waals surface area contributed by atoms with Crippen molar-refractivity contribution in [2.75, 3.05) is 13.2 Å². The third-order valence-electron chi connectivity index (χ3n) is 2.71. The first-order valence-corrected chi connectivity index (χ1v) is 5.94. The topological polar surface area (TPSA) is 41.5 Å². The zero-order chi connectivity index (χ0) is 11.5. The van der Waals surface area contributed by atoms with Gasteiger partial charge in [-0.15, -0.1) is 0 Å². The monoisotopic (exact) mass is 215 g/mol. The van der Waals surface area contributed by atoms with Crippen LogP contribution in [-0.4, -0.2) is 36.0 Å². The maximum absolute atomic E-state index is 9.68. The minimum Gasteiger partial charge on any atom is -0.389 e. The van der Waals surface area contributed by atoms with Gasteiger partial charge in [-0.1, -0.05) is 0 Å². The van der Waals surface area contributed by atoms with E-state index in [2.05, 4.69) is 12.2 Å². The molecular weight excluding hydrogens is 190 g/mol. The van der Waals surface area contributed by atoms with Crippen molar-refractivity contribution in [2.24, 2.45) is 5.92 Å². The maximum Gasteiger partial charge on any atom is 0.0898 e. The first kappa shape index (κ1) is 12.9. The Labute approximate surface area is 93.2 Å². The summed E-state index contributed by atoms with van der Waals surface area (Å²) in [5.41, 5.74) is -0.164. The molecule has 0 heterocycles. The lowest BCUT2D eigenvalue weighted by molar-refractivity contribution is -0.0483. The third-order valence-corrected chi connectivity index (χ3v) is 2.71. The van der Waals surface area contributed by atoms with E-state index >= 15 is 0 Å². The number of aliphatic hydroxyl groups is 1. The Balaban J connectivity index is 2.04. The molecule has 0 aromatic heterocycles. The molecule has 0 aromatic rings. The summed E-state index contributed by atoms with van der Waals surface area (Å²) in [6.07, 6.45) is 2.27. The molecule has 90 valence electrons. The molecule has 0 amide bonds. The van der Waals surface area contributed by atoms with Gasteiger partial charge >= 0.3 is 0 Å². The van der Waals surface area contributed by atoms with Gasteiger partial charge in [0.1, 0.15) is 0 Å². The molecule has 15 heavy (non-hydrogen) atoms. The summed E-state index contributed by atoms with van der Waals surface area (Å²) in [5, 5.41) is 13.0. The lowest BCUT2D eigenvalue weighted by Gasteiger charge is -2.23. The Kier molecular flexibility index (Phi) is 4.56. The molecular formula is C12H25NO2. The second kappa shape index (κ2) is 5.28. The van der Waals surface area contributed by atoms with Crippen molar-refractivity contribution in [3.05, 3.63) is 0 Å². The second-order valence-corrected chi connectivity index (χ2v) is 5.61. The van der Waals surface area contributed by atoms with E-state index in [0.29, 0.717) is 19.2 Å². The molecule has 0 spiro atoms. The van der Waals surface area contributed by atoms with Crippen LogP contribution in [0.2, 0.25) is 0 Å². The number of nitrogens with one attached hydrogen (secondary N) is 1. The largest absolute Gasteiger partial charge is 0.389 e. The Morgan fingerprint density at radius 1 is 1.40 bits per heavy atom. The van der Waals surface area contributed by atoms with E-state index in [-0.39, 0.29) is 5.60 Å². The Bertz CT molecular complexity index is 185. The van der Waals surface area contributed by atoms with Crippen LogP contribution in [0.3, 0.4) is 0 Å². The fourth-order valence-electron chi connectivity index (χ4n) is 1.49. The fraction of sp³-hybridized carbons (Fsp3) is 1.00. The summed E-state index contributed by atoms with van der Waals surface area (Å²) in [6.45, 7) is 9.23. The normalized spacial score (nSPS) is 21.4. The molecule has 1 aliphatic rings. The van der Waals surface area contributed by atoms with E-state index in [0.717, 1.165) is 5.92 Å². The van der Waals surface area contributed by atoms with E-state index in [1.54, 1.807) is 0 Å². The summed E-state index contributed by atoms with van der Waals surface area (Å²) in [7, 11) is 0. The van der Waals surface area contributed by atoms with Gasteiger partial charge in [0.25, 0.3) is 0 Å². The van der Waals surface area contributed by atoms with Crippen LogP contribution in [0.15, 0.2) is 0 Å². The minimum absolute atomic E-state index is 0.164. The molecule has 0 aromatic carbocycles. The minimum atomic E-state index is -0.398. The summed E-state index contributed by atoms with van der Waals surface area (Å²) in [6, 6.07) is 0.536. The van der Waals surface area contributed by atoms with Crippen LogP contribution in [0.1, 0.15) is 40.5 Å². The lowest BCUT2D eigenvalue weighted by atomic mass is 10.2. The van der Waals surface area contributed by atoms with E-state index in [9.17, 15) is 5.11 Å². The predicted octanol–water partition coefficient (Wildman–Crippen LogP) is 1.55. The van der Waals surface area contributed by atoms with Gasteiger partial charge < -0.3 is 15.2 Å². The SMILES string of the molecule is CC(NCC(O)COC(C)(C)C)C1CC1. The van der Waals surface area contributed by atoms with Crippen LogP contribution in [0.4, 0.5) is 0 Å². The predicted molar refractivity (Wildman–Crippen MR) is 61.9 cm³/mol.